The van der Waals surface area contributed by atoms with Crippen molar-refractivity contribution in [3.05, 3.63) is 41.6 Å². The molecule has 0 fully saturated rings. The van der Waals surface area contributed by atoms with E-state index in [9.17, 15) is 0 Å². The molecular weight excluding hydrogens is 184 g/mol. The van der Waals surface area contributed by atoms with Crippen LogP contribution in [0, 0.1) is 6.92 Å². The fourth-order valence-corrected chi connectivity index (χ4v) is 2.11. The molecule has 0 atom stereocenters. The van der Waals surface area contributed by atoms with Crippen LogP contribution in [0.3, 0.4) is 0 Å². The molecule has 2 heterocycles. The minimum absolute atomic E-state index is 0.891. The Hall–Kier alpha value is -1.83. The summed E-state index contributed by atoms with van der Waals surface area (Å²) in [5.41, 5.74) is 4.77. The Kier molecular flexibility index (Phi) is 1.75. The number of benzene rings is 1. The maximum Gasteiger partial charge on any atom is 0.0942 e. The number of aryl methyl sites for hydroxylation is 1. The first kappa shape index (κ1) is 8.48. The van der Waals surface area contributed by atoms with Crippen molar-refractivity contribution in [3.8, 4) is 0 Å². The lowest BCUT2D eigenvalue weighted by atomic mass is 10.0. The number of nitrogens with zero attached hydrogens (tertiary/aromatic N) is 1. The monoisotopic (exact) mass is 196 g/mol. The van der Waals surface area contributed by atoms with E-state index in [0.29, 0.717) is 0 Å². The Morgan fingerprint density at radius 1 is 1.40 bits per heavy atom. The summed E-state index contributed by atoms with van der Waals surface area (Å²) >= 11 is 0. The van der Waals surface area contributed by atoms with Crippen molar-refractivity contribution in [2.24, 2.45) is 0 Å². The fraction of sp³-hybridized carbons (Fsp3) is 0.154. The third kappa shape index (κ3) is 1.22. The van der Waals surface area contributed by atoms with Gasteiger partial charge < -0.3 is 5.32 Å². The van der Waals surface area contributed by atoms with Crippen LogP contribution in [0.5, 0.6) is 0 Å². The maximum atomic E-state index is 4.46. The third-order valence-electron chi connectivity index (χ3n) is 2.82. The number of hydrogen-bond acceptors (Lipinski definition) is 2. The second-order valence-corrected chi connectivity index (χ2v) is 3.84. The SMILES string of the molecule is Cc1cc2c(c3ncccc13)NCC=C2. The highest BCUT2D eigenvalue weighted by molar-refractivity contribution is 5.97. The molecule has 1 aromatic heterocycles. The number of hydrogen-bond donors (Lipinski definition) is 1. The summed E-state index contributed by atoms with van der Waals surface area (Å²) in [6, 6.07) is 6.32. The van der Waals surface area contributed by atoms with Crippen LogP contribution >= 0.6 is 0 Å². The Morgan fingerprint density at radius 2 is 2.33 bits per heavy atom. The fourth-order valence-electron chi connectivity index (χ4n) is 2.11. The van der Waals surface area contributed by atoms with Crippen molar-refractivity contribution in [2.75, 3.05) is 11.9 Å². The van der Waals surface area contributed by atoms with Gasteiger partial charge in [0, 0.05) is 18.1 Å². The Bertz CT molecular complexity index is 556. The number of aromatic nitrogens is 1. The van der Waals surface area contributed by atoms with Crippen LogP contribution in [0.25, 0.3) is 17.0 Å². The number of pyridine rings is 1. The van der Waals surface area contributed by atoms with Gasteiger partial charge in [-0.05, 0) is 30.2 Å². The zero-order valence-electron chi connectivity index (χ0n) is 8.62. The predicted octanol–water partition coefficient (Wildman–Crippen LogP) is 2.98. The molecule has 1 aromatic carbocycles. The normalized spacial score (nSPS) is 13.7. The van der Waals surface area contributed by atoms with E-state index in [4.69, 9.17) is 0 Å². The largest absolute Gasteiger partial charge is 0.379 e. The molecule has 74 valence electrons. The number of nitrogens with one attached hydrogen (secondary N) is 1. The van der Waals surface area contributed by atoms with Crippen LogP contribution in [0.15, 0.2) is 30.5 Å². The number of rotatable bonds is 0. The second-order valence-electron chi connectivity index (χ2n) is 3.84. The molecule has 0 aliphatic carbocycles. The molecule has 0 amide bonds. The standard InChI is InChI=1S/C13H12N2/c1-9-8-10-4-2-6-14-12(10)13-11(9)5-3-7-15-13/h2-5,7-8,14H,6H2,1H3. The summed E-state index contributed by atoms with van der Waals surface area (Å²) in [6.45, 7) is 3.02. The molecule has 1 N–H and O–H groups in total. The lowest BCUT2D eigenvalue weighted by Crippen LogP contribution is -2.06. The van der Waals surface area contributed by atoms with Crippen LogP contribution in [0.4, 0.5) is 5.69 Å². The molecule has 2 nitrogen and oxygen atoms in total. The van der Waals surface area contributed by atoms with E-state index in [1.54, 1.807) is 0 Å². The van der Waals surface area contributed by atoms with E-state index in [-0.39, 0.29) is 0 Å². The van der Waals surface area contributed by atoms with Gasteiger partial charge in [-0.25, -0.2) is 0 Å². The molecule has 1 aliphatic rings. The quantitative estimate of drug-likeness (QED) is 0.700. The van der Waals surface area contributed by atoms with Gasteiger partial charge >= 0.3 is 0 Å². The van der Waals surface area contributed by atoms with Gasteiger partial charge in [-0.15, -0.1) is 0 Å². The van der Waals surface area contributed by atoms with Crippen LogP contribution < -0.4 is 5.32 Å². The van der Waals surface area contributed by atoms with Gasteiger partial charge in [-0.1, -0.05) is 18.2 Å². The zero-order valence-corrected chi connectivity index (χ0v) is 8.62. The van der Waals surface area contributed by atoms with Crippen LogP contribution in [0.2, 0.25) is 0 Å². The van der Waals surface area contributed by atoms with Crippen LogP contribution in [-0.2, 0) is 0 Å². The van der Waals surface area contributed by atoms with Crippen molar-refractivity contribution in [2.45, 2.75) is 6.92 Å². The highest BCUT2D eigenvalue weighted by atomic mass is 14.9. The minimum Gasteiger partial charge on any atom is -0.379 e. The van der Waals surface area contributed by atoms with Crippen molar-refractivity contribution >= 4 is 22.7 Å². The second kappa shape index (κ2) is 3.09. The minimum atomic E-state index is 0.891. The predicted molar refractivity (Wildman–Crippen MR) is 64.0 cm³/mol. The van der Waals surface area contributed by atoms with Gasteiger partial charge in [0.2, 0.25) is 0 Å². The van der Waals surface area contributed by atoms with Gasteiger partial charge in [-0.3, -0.25) is 4.98 Å². The Labute approximate surface area is 88.6 Å². The molecule has 2 aromatic rings. The summed E-state index contributed by atoms with van der Waals surface area (Å²) in [5.74, 6) is 0. The molecule has 3 rings (SSSR count). The summed E-state index contributed by atoms with van der Waals surface area (Å²) in [7, 11) is 0. The number of fused-ring (bicyclic) bond motifs is 3. The van der Waals surface area contributed by atoms with E-state index in [1.165, 1.54) is 22.2 Å². The van der Waals surface area contributed by atoms with E-state index >= 15 is 0 Å². The lowest BCUT2D eigenvalue weighted by molar-refractivity contribution is 1.29. The molecule has 0 bridgehead atoms. The van der Waals surface area contributed by atoms with E-state index in [2.05, 4.69) is 41.5 Å². The first-order chi connectivity index (χ1) is 7.36. The van der Waals surface area contributed by atoms with Gasteiger partial charge in [0.15, 0.2) is 0 Å². The smallest absolute Gasteiger partial charge is 0.0942 e. The molecule has 15 heavy (non-hydrogen) atoms. The van der Waals surface area contributed by atoms with Crippen LogP contribution in [-0.4, -0.2) is 11.5 Å². The molecule has 1 aliphatic heterocycles. The first-order valence-corrected chi connectivity index (χ1v) is 5.15. The van der Waals surface area contributed by atoms with Gasteiger partial charge in [-0.2, -0.15) is 0 Å². The molecule has 0 saturated heterocycles. The van der Waals surface area contributed by atoms with Crippen molar-refractivity contribution in [1.29, 1.82) is 0 Å². The highest BCUT2D eigenvalue weighted by Crippen LogP contribution is 2.31. The third-order valence-corrected chi connectivity index (χ3v) is 2.82. The molecule has 2 heteroatoms. The molecule has 0 unspecified atom stereocenters. The Balaban J connectivity index is 2.45. The van der Waals surface area contributed by atoms with Crippen LogP contribution in [0.1, 0.15) is 11.1 Å². The molecule has 0 spiro atoms. The van der Waals surface area contributed by atoms with Crippen molar-refractivity contribution in [1.82, 2.24) is 4.98 Å². The average molecular weight is 196 g/mol. The lowest BCUT2D eigenvalue weighted by Gasteiger charge is -2.16. The first-order valence-electron chi connectivity index (χ1n) is 5.15. The maximum absolute atomic E-state index is 4.46. The van der Waals surface area contributed by atoms with Crippen molar-refractivity contribution in [3.63, 3.8) is 0 Å². The topological polar surface area (TPSA) is 24.9 Å². The molecule has 0 radical (unpaired) electrons. The highest BCUT2D eigenvalue weighted by Gasteiger charge is 2.10. The average Bonchev–Trinajstić information content (AvgIpc) is 2.30. The zero-order chi connectivity index (χ0) is 10.3. The number of anilines is 1. The van der Waals surface area contributed by atoms with Gasteiger partial charge in [0.05, 0.1) is 11.2 Å². The van der Waals surface area contributed by atoms with Gasteiger partial charge in [0.25, 0.3) is 0 Å². The Morgan fingerprint density at radius 3 is 3.27 bits per heavy atom. The van der Waals surface area contributed by atoms with Crippen molar-refractivity contribution < 1.29 is 0 Å². The molecular formula is C13H12N2. The van der Waals surface area contributed by atoms with E-state index < -0.39 is 0 Å². The van der Waals surface area contributed by atoms with E-state index in [1.807, 2.05) is 12.3 Å². The summed E-state index contributed by atoms with van der Waals surface area (Å²) in [4.78, 5) is 4.46. The summed E-state index contributed by atoms with van der Waals surface area (Å²) in [5, 5.41) is 4.62. The van der Waals surface area contributed by atoms with E-state index in [0.717, 1.165) is 12.1 Å². The summed E-state index contributed by atoms with van der Waals surface area (Å²) in [6.07, 6.45) is 6.14. The molecule has 0 saturated carbocycles. The van der Waals surface area contributed by atoms with Gasteiger partial charge in [0.1, 0.15) is 0 Å². The summed E-state index contributed by atoms with van der Waals surface area (Å²) < 4.78 is 0.